The Labute approximate surface area is 192 Å². The van der Waals surface area contributed by atoms with Crippen molar-refractivity contribution in [2.45, 2.75) is 56.6 Å². The maximum atomic E-state index is 6.35. The number of nitrogens with zero attached hydrogens (tertiary/aromatic N) is 4. The van der Waals surface area contributed by atoms with Gasteiger partial charge in [0, 0.05) is 12.3 Å². The van der Waals surface area contributed by atoms with Crippen molar-refractivity contribution in [1.82, 2.24) is 19.5 Å². The Bertz CT molecular complexity index is 1150. The number of imidazole rings is 1. The minimum atomic E-state index is 0.441. The van der Waals surface area contributed by atoms with E-state index in [9.17, 15) is 0 Å². The van der Waals surface area contributed by atoms with E-state index < -0.39 is 0 Å². The minimum absolute atomic E-state index is 0.441. The summed E-state index contributed by atoms with van der Waals surface area (Å²) in [4.78, 5) is 14.3. The lowest BCUT2D eigenvalue weighted by Crippen LogP contribution is -2.15. The molecule has 1 saturated carbocycles. The highest BCUT2D eigenvalue weighted by atomic mass is 32.2. The molecule has 0 spiro atoms. The Hall–Kier alpha value is -2.80. The van der Waals surface area contributed by atoms with Crippen molar-refractivity contribution in [3.05, 3.63) is 54.3 Å². The molecule has 1 aliphatic carbocycles. The van der Waals surface area contributed by atoms with E-state index in [4.69, 9.17) is 20.1 Å². The molecule has 0 aliphatic heterocycles. The van der Waals surface area contributed by atoms with Gasteiger partial charge >= 0.3 is 0 Å². The molecule has 2 N–H and O–H groups in total. The molecule has 1 aromatic carbocycles. The van der Waals surface area contributed by atoms with Crippen LogP contribution in [0.4, 0.5) is 5.82 Å². The van der Waals surface area contributed by atoms with E-state index in [0.717, 1.165) is 47.5 Å². The quantitative estimate of drug-likeness (QED) is 0.203. The van der Waals surface area contributed by atoms with Crippen molar-refractivity contribution < 1.29 is 4.42 Å². The predicted octanol–water partition coefficient (Wildman–Crippen LogP) is 5.97. The molecule has 3 aromatic heterocycles. The summed E-state index contributed by atoms with van der Waals surface area (Å²) in [6.45, 7) is 0.890. The molecule has 32 heavy (non-hydrogen) atoms. The summed E-state index contributed by atoms with van der Waals surface area (Å²) in [5.74, 6) is 3.56. The van der Waals surface area contributed by atoms with Gasteiger partial charge < -0.3 is 14.7 Å². The first-order valence-electron chi connectivity index (χ1n) is 11.5. The third-order valence-electron chi connectivity index (χ3n) is 6.19. The van der Waals surface area contributed by atoms with E-state index in [1.165, 1.54) is 37.7 Å². The van der Waals surface area contributed by atoms with Crippen LogP contribution in [0.2, 0.25) is 0 Å². The first-order valence-corrected chi connectivity index (χ1v) is 12.5. The lowest BCUT2D eigenvalue weighted by Gasteiger charge is -2.22. The summed E-state index contributed by atoms with van der Waals surface area (Å²) in [5, 5.41) is 0.721. The number of benzene rings is 1. The molecule has 0 amide bonds. The number of thioether (sulfide) groups is 1. The van der Waals surface area contributed by atoms with Crippen LogP contribution in [0.25, 0.3) is 22.7 Å². The average molecular weight is 448 g/mol. The standard InChI is InChI=1S/C25H29N5OS/c26-22-21-24(29-25(28-22)32-16-8-13-18-9-3-1-4-10-18)30(17-19-11-5-2-6-12-19)23(27-21)20-14-7-15-31-20/h1,3-4,7,9-10,14-15,19H,2,5-6,8,11-13,16-17H2,(H2,26,28,29). The van der Waals surface area contributed by atoms with Crippen LogP contribution >= 0.6 is 11.8 Å². The van der Waals surface area contributed by atoms with Gasteiger partial charge in [-0.25, -0.2) is 15.0 Å². The summed E-state index contributed by atoms with van der Waals surface area (Å²) in [6, 6.07) is 14.4. The second-order valence-electron chi connectivity index (χ2n) is 8.53. The van der Waals surface area contributed by atoms with Gasteiger partial charge in [-0.3, -0.25) is 0 Å². The van der Waals surface area contributed by atoms with Crippen LogP contribution in [0.3, 0.4) is 0 Å². The Morgan fingerprint density at radius 1 is 1.00 bits per heavy atom. The van der Waals surface area contributed by atoms with Gasteiger partial charge in [0.1, 0.15) is 0 Å². The van der Waals surface area contributed by atoms with Crippen molar-refractivity contribution in [3.8, 4) is 11.6 Å². The monoisotopic (exact) mass is 447 g/mol. The minimum Gasteiger partial charge on any atom is -0.461 e. The van der Waals surface area contributed by atoms with Gasteiger partial charge in [0.2, 0.25) is 0 Å². The van der Waals surface area contributed by atoms with Gasteiger partial charge in [-0.05, 0) is 49.3 Å². The molecule has 0 bridgehead atoms. The van der Waals surface area contributed by atoms with Crippen LogP contribution < -0.4 is 5.73 Å². The number of nitrogen functional groups attached to an aromatic ring is 1. The average Bonchev–Trinajstić information content (AvgIpc) is 3.47. The molecule has 0 saturated heterocycles. The van der Waals surface area contributed by atoms with Crippen molar-refractivity contribution in [2.75, 3.05) is 11.5 Å². The number of aryl methyl sites for hydroxylation is 1. The zero-order valence-electron chi connectivity index (χ0n) is 18.2. The van der Waals surface area contributed by atoms with Crippen molar-refractivity contribution in [3.63, 3.8) is 0 Å². The molecule has 1 fully saturated rings. The lowest BCUT2D eigenvalue weighted by atomic mass is 9.89. The fourth-order valence-electron chi connectivity index (χ4n) is 4.54. The largest absolute Gasteiger partial charge is 0.461 e. The maximum Gasteiger partial charge on any atom is 0.191 e. The van der Waals surface area contributed by atoms with Gasteiger partial charge in [0.15, 0.2) is 33.7 Å². The van der Waals surface area contributed by atoms with Crippen molar-refractivity contribution in [1.29, 1.82) is 0 Å². The fourth-order valence-corrected chi connectivity index (χ4v) is 5.33. The lowest BCUT2D eigenvalue weighted by molar-refractivity contribution is 0.322. The molecule has 0 unspecified atom stereocenters. The maximum absolute atomic E-state index is 6.35. The third-order valence-corrected chi connectivity index (χ3v) is 7.13. The van der Waals surface area contributed by atoms with Crippen LogP contribution in [0.5, 0.6) is 0 Å². The molecule has 3 heterocycles. The van der Waals surface area contributed by atoms with Crippen molar-refractivity contribution >= 4 is 28.7 Å². The van der Waals surface area contributed by atoms with Gasteiger partial charge in [-0.15, -0.1) is 0 Å². The number of nitrogens with two attached hydrogens (primary N) is 1. The SMILES string of the molecule is Nc1nc(SCCCc2ccccc2)nc2c1nc(-c1ccco1)n2CC1CCCCC1. The predicted molar refractivity (Wildman–Crippen MR) is 129 cm³/mol. The first kappa shape index (κ1) is 21.1. The topological polar surface area (TPSA) is 82.8 Å². The molecule has 0 radical (unpaired) electrons. The summed E-state index contributed by atoms with van der Waals surface area (Å²) in [6.07, 6.45) is 10.2. The fraction of sp³-hybridized carbons (Fsp3) is 0.400. The highest BCUT2D eigenvalue weighted by molar-refractivity contribution is 7.99. The first-order chi connectivity index (χ1) is 15.8. The Morgan fingerprint density at radius 2 is 1.84 bits per heavy atom. The summed E-state index contributed by atoms with van der Waals surface area (Å²) in [7, 11) is 0. The molecular weight excluding hydrogens is 418 g/mol. The number of hydrogen-bond acceptors (Lipinski definition) is 6. The number of anilines is 1. The number of aromatic nitrogens is 4. The molecule has 5 rings (SSSR count). The normalized spacial score (nSPS) is 14.9. The Kier molecular flexibility index (Phi) is 6.44. The van der Waals surface area contributed by atoms with Crippen LogP contribution in [0, 0.1) is 5.92 Å². The molecular formula is C25H29N5OS. The van der Waals surface area contributed by atoms with Crippen LogP contribution in [0.15, 0.2) is 58.3 Å². The van der Waals surface area contributed by atoms with Crippen LogP contribution in [0.1, 0.15) is 44.1 Å². The summed E-state index contributed by atoms with van der Waals surface area (Å²) < 4.78 is 7.90. The van der Waals surface area contributed by atoms with Crippen LogP contribution in [-0.4, -0.2) is 25.3 Å². The van der Waals surface area contributed by atoms with Gasteiger partial charge in [0.25, 0.3) is 0 Å². The van der Waals surface area contributed by atoms with Gasteiger partial charge in [-0.1, -0.05) is 61.4 Å². The number of rotatable bonds is 8. The molecule has 6 nitrogen and oxygen atoms in total. The Balaban J connectivity index is 1.40. The molecule has 1 aliphatic rings. The molecule has 0 atom stereocenters. The number of fused-ring (bicyclic) bond motifs is 1. The van der Waals surface area contributed by atoms with Gasteiger partial charge in [-0.2, -0.15) is 0 Å². The van der Waals surface area contributed by atoms with E-state index in [-0.39, 0.29) is 0 Å². The van der Waals surface area contributed by atoms with Crippen molar-refractivity contribution in [2.24, 2.45) is 5.92 Å². The van der Waals surface area contributed by atoms with E-state index in [0.29, 0.717) is 17.3 Å². The number of furan rings is 1. The van der Waals surface area contributed by atoms with Crippen LogP contribution in [-0.2, 0) is 13.0 Å². The molecule has 166 valence electrons. The zero-order valence-corrected chi connectivity index (χ0v) is 19.1. The summed E-state index contributed by atoms with van der Waals surface area (Å²) in [5.41, 5.74) is 9.20. The molecule has 4 aromatic rings. The van der Waals surface area contributed by atoms with Gasteiger partial charge in [0.05, 0.1) is 6.26 Å². The van der Waals surface area contributed by atoms with E-state index in [1.807, 2.05) is 12.1 Å². The second-order valence-corrected chi connectivity index (χ2v) is 9.59. The molecule has 7 heteroatoms. The van der Waals surface area contributed by atoms with E-state index in [2.05, 4.69) is 39.9 Å². The highest BCUT2D eigenvalue weighted by Crippen LogP contribution is 2.32. The number of hydrogen-bond donors (Lipinski definition) is 1. The van der Waals surface area contributed by atoms with E-state index >= 15 is 0 Å². The second kappa shape index (κ2) is 9.77. The highest BCUT2D eigenvalue weighted by Gasteiger charge is 2.23. The zero-order chi connectivity index (χ0) is 21.8. The summed E-state index contributed by atoms with van der Waals surface area (Å²) >= 11 is 1.66. The Morgan fingerprint density at radius 3 is 2.62 bits per heavy atom. The van der Waals surface area contributed by atoms with E-state index in [1.54, 1.807) is 18.0 Å². The smallest absolute Gasteiger partial charge is 0.191 e. The third kappa shape index (κ3) is 4.67.